The SMILES string of the molecule is Cc1ccccc1NC(=O)N1Cc2c(C)nn(-c3ccccc3)c2-n2cccc2C1c1ccccc1. The number of para-hydroxylation sites is 2. The van der Waals surface area contributed by atoms with Crippen molar-refractivity contribution in [3.8, 4) is 11.5 Å². The fraction of sp³-hybridized carbons (Fsp3) is 0.133. The second-order valence-corrected chi connectivity index (χ2v) is 9.12. The summed E-state index contributed by atoms with van der Waals surface area (Å²) in [5.41, 5.74) is 6.80. The van der Waals surface area contributed by atoms with Gasteiger partial charge in [-0.15, -0.1) is 0 Å². The number of hydrogen-bond acceptors (Lipinski definition) is 2. The topological polar surface area (TPSA) is 55.1 Å². The molecule has 3 heterocycles. The number of fused-ring (bicyclic) bond motifs is 3. The van der Waals surface area contributed by atoms with E-state index in [9.17, 15) is 4.79 Å². The fourth-order valence-corrected chi connectivity index (χ4v) is 5.04. The van der Waals surface area contributed by atoms with Crippen LogP contribution in [0.1, 0.15) is 34.1 Å². The van der Waals surface area contributed by atoms with Gasteiger partial charge in [-0.1, -0.05) is 66.7 Å². The molecule has 2 amide bonds. The van der Waals surface area contributed by atoms with E-state index in [2.05, 4.69) is 46.4 Å². The minimum atomic E-state index is -0.277. The Morgan fingerprint density at radius 2 is 1.56 bits per heavy atom. The van der Waals surface area contributed by atoms with Crippen molar-refractivity contribution in [3.05, 3.63) is 131 Å². The molecule has 1 unspecified atom stereocenters. The van der Waals surface area contributed by atoms with Gasteiger partial charge in [0, 0.05) is 17.4 Å². The first-order valence-electron chi connectivity index (χ1n) is 12.1. The molecule has 3 aromatic carbocycles. The third kappa shape index (κ3) is 3.67. The lowest BCUT2D eigenvalue weighted by Crippen LogP contribution is -2.38. The monoisotopic (exact) mass is 473 g/mol. The molecule has 2 aromatic heterocycles. The van der Waals surface area contributed by atoms with E-state index in [0.717, 1.165) is 45.3 Å². The molecule has 0 spiro atoms. The summed E-state index contributed by atoms with van der Waals surface area (Å²) < 4.78 is 4.17. The maximum absolute atomic E-state index is 14.0. The van der Waals surface area contributed by atoms with Crippen LogP contribution >= 0.6 is 0 Å². The molecule has 6 heteroatoms. The van der Waals surface area contributed by atoms with Crippen LogP contribution in [0.3, 0.4) is 0 Å². The van der Waals surface area contributed by atoms with E-state index in [4.69, 9.17) is 5.10 Å². The molecule has 178 valence electrons. The second-order valence-electron chi connectivity index (χ2n) is 9.12. The number of anilines is 1. The van der Waals surface area contributed by atoms with E-state index in [0.29, 0.717) is 6.54 Å². The maximum atomic E-state index is 14.0. The smallest absolute Gasteiger partial charge is 0.308 e. The van der Waals surface area contributed by atoms with E-state index < -0.39 is 0 Å². The van der Waals surface area contributed by atoms with E-state index in [1.165, 1.54) is 0 Å². The van der Waals surface area contributed by atoms with Crippen LogP contribution in [-0.2, 0) is 6.54 Å². The van der Waals surface area contributed by atoms with Crippen molar-refractivity contribution in [3.63, 3.8) is 0 Å². The predicted octanol–water partition coefficient (Wildman–Crippen LogP) is 6.42. The van der Waals surface area contributed by atoms with Crippen molar-refractivity contribution in [1.82, 2.24) is 19.2 Å². The number of nitrogens with one attached hydrogen (secondary N) is 1. The van der Waals surface area contributed by atoms with E-state index >= 15 is 0 Å². The lowest BCUT2D eigenvalue weighted by atomic mass is 10.0. The molecule has 36 heavy (non-hydrogen) atoms. The summed E-state index contributed by atoms with van der Waals surface area (Å²) in [6.45, 7) is 4.44. The molecular formula is C30H27N5O. The Labute approximate surface area is 210 Å². The normalized spacial score (nSPS) is 14.6. The predicted molar refractivity (Wildman–Crippen MR) is 142 cm³/mol. The lowest BCUT2D eigenvalue weighted by molar-refractivity contribution is 0.194. The van der Waals surface area contributed by atoms with Gasteiger partial charge in [0.2, 0.25) is 0 Å². The Morgan fingerprint density at radius 1 is 0.861 bits per heavy atom. The zero-order valence-corrected chi connectivity index (χ0v) is 20.3. The number of amides is 2. The van der Waals surface area contributed by atoms with E-state index in [-0.39, 0.29) is 12.1 Å². The Hall–Kier alpha value is -4.58. The molecule has 1 aliphatic heterocycles. The van der Waals surface area contributed by atoms with Gasteiger partial charge in [0.1, 0.15) is 5.82 Å². The van der Waals surface area contributed by atoms with Crippen LogP contribution < -0.4 is 5.32 Å². The minimum Gasteiger partial charge on any atom is -0.308 e. The molecule has 6 rings (SSSR count). The molecule has 0 bridgehead atoms. The van der Waals surface area contributed by atoms with Crippen molar-refractivity contribution >= 4 is 11.7 Å². The molecular weight excluding hydrogens is 446 g/mol. The van der Waals surface area contributed by atoms with Crippen molar-refractivity contribution in [2.24, 2.45) is 0 Å². The Kier molecular flexibility index (Phi) is 5.41. The highest BCUT2D eigenvalue weighted by atomic mass is 16.2. The van der Waals surface area contributed by atoms with Gasteiger partial charge >= 0.3 is 6.03 Å². The highest BCUT2D eigenvalue weighted by Crippen LogP contribution is 2.38. The maximum Gasteiger partial charge on any atom is 0.322 e. The van der Waals surface area contributed by atoms with Crippen LogP contribution in [0.2, 0.25) is 0 Å². The van der Waals surface area contributed by atoms with Gasteiger partial charge in [0.15, 0.2) is 0 Å². The Bertz CT molecular complexity index is 1530. The molecule has 0 saturated carbocycles. The Morgan fingerprint density at radius 3 is 2.31 bits per heavy atom. The number of carbonyl (C=O) groups excluding carboxylic acids is 1. The number of benzene rings is 3. The average Bonchev–Trinajstić information content (AvgIpc) is 3.47. The van der Waals surface area contributed by atoms with Crippen molar-refractivity contribution in [1.29, 1.82) is 0 Å². The van der Waals surface area contributed by atoms with Crippen LogP contribution in [0.4, 0.5) is 10.5 Å². The third-order valence-corrected chi connectivity index (χ3v) is 6.85. The zero-order valence-electron chi connectivity index (χ0n) is 20.3. The molecule has 1 atom stereocenters. The largest absolute Gasteiger partial charge is 0.322 e. The number of urea groups is 1. The van der Waals surface area contributed by atoms with Crippen LogP contribution in [-0.4, -0.2) is 25.3 Å². The van der Waals surface area contributed by atoms with Gasteiger partial charge in [0.25, 0.3) is 0 Å². The van der Waals surface area contributed by atoms with Crippen molar-refractivity contribution in [2.75, 3.05) is 5.32 Å². The van der Waals surface area contributed by atoms with Crippen LogP contribution in [0.25, 0.3) is 11.5 Å². The van der Waals surface area contributed by atoms with Gasteiger partial charge in [-0.25, -0.2) is 9.48 Å². The molecule has 0 fully saturated rings. The number of nitrogens with zero attached hydrogens (tertiary/aromatic N) is 4. The minimum absolute atomic E-state index is 0.148. The molecule has 5 aromatic rings. The first kappa shape index (κ1) is 21.9. The highest BCUT2D eigenvalue weighted by molar-refractivity contribution is 5.91. The quantitative estimate of drug-likeness (QED) is 0.329. The number of hydrogen-bond donors (Lipinski definition) is 1. The Balaban J connectivity index is 1.54. The molecule has 1 aliphatic rings. The highest BCUT2D eigenvalue weighted by Gasteiger charge is 2.36. The lowest BCUT2D eigenvalue weighted by Gasteiger charge is -2.31. The molecule has 0 radical (unpaired) electrons. The molecule has 6 nitrogen and oxygen atoms in total. The summed E-state index contributed by atoms with van der Waals surface area (Å²) in [6.07, 6.45) is 2.06. The van der Waals surface area contributed by atoms with Gasteiger partial charge in [-0.3, -0.25) is 0 Å². The van der Waals surface area contributed by atoms with Crippen LogP contribution in [0.15, 0.2) is 103 Å². The van der Waals surface area contributed by atoms with Crippen molar-refractivity contribution in [2.45, 2.75) is 26.4 Å². The van der Waals surface area contributed by atoms with Gasteiger partial charge in [-0.2, -0.15) is 5.10 Å². The summed E-state index contributed by atoms with van der Waals surface area (Å²) in [5.74, 6) is 0.964. The van der Waals surface area contributed by atoms with Crippen molar-refractivity contribution < 1.29 is 4.79 Å². The molecule has 0 aliphatic carbocycles. The first-order valence-corrected chi connectivity index (χ1v) is 12.1. The van der Waals surface area contributed by atoms with Gasteiger partial charge in [-0.05, 0) is 55.3 Å². The van der Waals surface area contributed by atoms with E-state index in [1.807, 2.05) is 90.2 Å². The summed E-state index contributed by atoms with van der Waals surface area (Å²) >= 11 is 0. The third-order valence-electron chi connectivity index (χ3n) is 6.85. The first-order chi connectivity index (χ1) is 17.6. The van der Waals surface area contributed by atoms with Crippen LogP contribution in [0, 0.1) is 13.8 Å². The number of carbonyl (C=O) groups is 1. The number of rotatable bonds is 3. The zero-order chi connectivity index (χ0) is 24.6. The summed E-state index contributed by atoms with van der Waals surface area (Å²) in [7, 11) is 0. The summed E-state index contributed by atoms with van der Waals surface area (Å²) in [5, 5.41) is 8.08. The number of aromatic nitrogens is 3. The van der Waals surface area contributed by atoms with Crippen LogP contribution in [0.5, 0.6) is 0 Å². The summed E-state index contributed by atoms with van der Waals surface area (Å²) in [4.78, 5) is 15.9. The average molecular weight is 474 g/mol. The van der Waals surface area contributed by atoms with Gasteiger partial charge in [0.05, 0.1) is 29.7 Å². The fourth-order valence-electron chi connectivity index (χ4n) is 5.04. The second kappa shape index (κ2) is 8.89. The number of aryl methyl sites for hydroxylation is 2. The molecule has 1 N–H and O–H groups in total. The summed E-state index contributed by atoms with van der Waals surface area (Å²) in [6, 6.07) is 31.9. The van der Waals surface area contributed by atoms with Gasteiger partial charge < -0.3 is 14.8 Å². The van der Waals surface area contributed by atoms with E-state index in [1.54, 1.807) is 0 Å². The standard InChI is InChI=1S/C30H27N5O/c1-21-12-9-10-17-26(21)31-30(36)34-20-25-22(2)32-35(24-15-7-4-8-16-24)29(25)33-19-11-18-27(33)28(34)23-13-5-3-6-14-23/h3-19,28H,20H2,1-2H3,(H,31,36). The molecule has 0 saturated heterocycles.